The third kappa shape index (κ3) is 5.91. The van der Waals surface area contributed by atoms with Gasteiger partial charge in [0.1, 0.15) is 5.01 Å². The van der Waals surface area contributed by atoms with E-state index in [9.17, 15) is 0 Å². The lowest BCUT2D eigenvalue weighted by Gasteiger charge is -2.20. The third-order valence-corrected chi connectivity index (χ3v) is 9.78. The second-order valence-electron chi connectivity index (χ2n) is 13.3. The quantitative estimate of drug-likeness (QED) is 0.171. The SMILES string of the molecule is CC(C)c1ccc(-c2cccc(-c3cc(C(C)(C)C)cc4sc(-c5ccccc5N=Cc5cccc6ccccc56)nc34)c2)cc1. The molecule has 0 aliphatic heterocycles. The summed E-state index contributed by atoms with van der Waals surface area (Å²) in [4.78, 5) is 10.3. The molecule has 0 atom stereocenters. The zero-order chi connectivity index (χ0) is 31.8. The van der Waals surface area contributed by atoms with Crippen molar-refractivity contribution < 1.29 is 0 Å². The molecule has 3 heteroatoms. The maximum Gasteiger partial charge on any atom is 0.126 e. The second kappa shape index (κ2) is 12.2. The molecule has 0 fully saturated rings. The summed E-state index contributed by atoms with van der Waals surface area (Å²) in [6.45, 7) is 11.3. The van der Waals surface area contributed by atoms with E-state index in [4.69, 9.17) is 9.98 Å². The van der Waals surface area contributed by atoms with E-state index >= 15 is 0 Å². The molecule has 0 amide bonds. The Morgan fingerprint density at radius 2 is 1.39 bits per heavy atom. The largest absolute Gasteiger partial charge is 0.256 e. The Hall–Kier alpha value is -4.86. The molecule has 0 saturated carbocycles. The molecule has 226 valence electrons. The molecular weight excluding hydrogens is 577 g/mol. The van der Waals surface area contributed by atoms with Crippen LogP contribution in [0.1, 0.15) is 57.2 Å². The van der Waals surface area contributed by atoms with Crippen LogP contribution in [0.15, 0.2) is 132 Å². The van der Waals surface area contributed by atoms with E-state index in [-0.39, 0.29) is 5.41 Å². The molecule has 0 radical (unpaired) electrons. The molecule has 0 aliphatic rings. The molecule has 0 saturated heterocycles. The highest BCUT2D eigenvalue weighted by molar-refractivity contribution is 7.21. The first-order valence-electron chi connectivity index (χ1n) is 16.0. The van der Waals surface area contributed by atoms with Gasteiger partial charge in [-0.25, -0.2) is 4.98 Å². The van der Waals surface area contributed by atoms with Crippen LogP contribution in [0.3, 0.4) is 0 Å². The fourth-order valence-electron chi connectivity index (χ4n) is 5.99. The van der Waals surface area contributed by atoms with Gasteiger partial charge in [-0.1, -0.05) is 132 Å². The average molecular weight is 615 g/mol. The lowest BCUT2D eigenvalue weighted by molar-refractivity contribution is 0.591. The number of fused-ring (bicyclic) bond motifs is 2. The summed E-state index contributed by atoms with van der Waals surface area (Å²) in [5.74, 6) is 0.515. The number of para-hydroxylation sites is 1. The topological polar surface area (TPSA) is 25.2 Å². The van der Waals surface area contributed by atoms with Gasteiger partial charge in [0.2, 0.25) is 0 Å². The predicted molar refractivity (Wildman–Crippen MR) is 200 cm³/mol. The van der Waals surface area contributed by atoms with E-state index in [1.54, 1.807) is 11.3 Å². The number of thiazole rings is 1. The van der Waals surface area contributed by atoms with Crippen molar-refractivity contribution in [3.05, 3.63) is 144 Å². The summed E-state index contributed by atoms with van der Waals surface area (Å²) >= 11 is 1.75. The molecule has 0 unspecified atom stereocenters. The Morgan fingerprint density at radius 3 is 2.20 bits per heavy atom. The van der Waals surface area contributed by atoms with Crippen LogP contribution >= 0.6 is 11.3 Å². The molecule has 0 bridgehead atoms. The Kier molecular flexibility index (Phi) is 7.88. The van der Waals surface area contributed by atoms with Crippen molar-refractivity contribution in [2.75, 3.05) is 0 Å². The Bertz CT molecular complexity index is 2210. The number of hydrogen-bond donors (Lipinski definition) is 0. The van der Waals surface area contributed by atoms with Crippen LogP contribution in [0, 0.1) is 0 Å². The highest BCUT2D eigenvalue weighted by Gasteiger charge is 2.20. The van der Waals surface area contributed by atoms with Gasteiger partial charge < -0.3 is 0 Å². The van der Waals surface area contributed by atoms with E-state index < -0.39 is 0 Å². The number of rotatable bonds is 6. The molecule has 1 heterocycles. The Morgan fingerprint density at radius 1 is 0.674 bits per heavy atom. The summed E-state index contributed by atoms with van der Waals surface area (Å²) in [6, 6.07) is 45.7. The molecule has 6 aromatic carbocycles. The summed E-state index contributed by atoms with van der Waals surface area (Å²) in [5, 5.41) is 3.39. The number of aromatic nitrogens is 1. The Balaban J connectivity index is 1.33. The highest BCUT2D eigenvalue weighted by Crippen LogP contribution is 2.42. The Labute approximate surface area is 276 Å². The van der Waals surface area contributed by atoms with Gasteiger partial charge in [-0.15, -0.1) is 11.3 Å². The lowest BCUT2D eigenvalue weighted by atomic mass is 9.85. The third-order valence-electron chi connectivity index (χ3n) is 8.75. The summed E-state index contributed by atoms with van der Waals surface area (Å²) < 4.78 is 1.19. The first-order valence-corrected chi connectivity index (χ1v) is 16.8. The summed E-state index contributed by atoms with van der Waals surface area (Å²) in [6.07, 6.45) is 1.98. The van der Waals surface area contributed by atoms with Crippen molar-refractivity contribution in [3.8, 4) is 32.8 Å². The number of benzene rings is 6. The summed E-state index contributed by atoms with van der Waals surface area (Å²) in [7, 11) is 0. The van der Waals surface area contributed by atoms with E-state index in [0.717, 1.165) is 27.3 Å². The van der Waals surface area contributed by atoms with Crippen molar-refractivity contribution in [3.63, 3.8) is 0 Å². The molecule has 0 spiro atoms. The zero-order valence-electron chi connectivity index (χ0n) is 27.1. The molecule has 1 aromatic heterocycles. The number of hydrogen-bond acceptors (Lipinski definition) is 3. The molecule has 0 N–H and O–H groups in total. The predicted octanol–water partition coefficient (Wildman–Crippen LogP) is 12.6. The molecule has 0 aliphatic carbocycles. The standard InChI is InChI=1S/C43H38N2S/c1-28(2)29-20-22-30(23-21-29)32-14-11-15-33(24-32)38-25-35(43(3,4)5)26-40-41(38)45-42(46-40)37-18-8-9-19-39(37)44-27-34-16-10-13-31-12-6-7-17-36(31)34/h6-28H,1-5H3. The molecule has 2 nitrogen and oxygen atoms in total. The van der Waals surface area contributed by atoms with Crippen LogP contribution in [0.5, 0.6) is 0 Å². The summed E-state index contributed by atoms with van der Waals surface area (Å²) in [5.41, 5.74) is 11.6. The number of nitrogens with zero attached hydrogens (tertiary/aromatic N) is 2. The van der Waals surface area contributed by atoms with Gasteiger partial charge in [0.25, 0.3) is 0 Å². The van der Waals surface area contributed by atoms with E-state index in [2.05, 4.69) is 162 Å². The van der Waals surface area contributed by atoms with Gasteiger partial charge >= 0.3 is 0 Å². The van der Waals surface area contributed by atoms with Gasteiger partial charge in [0.05, 0.1) is 15.9 Å². The van der Waals surface area contributed by atoms with Gasteiger partial charge in [0, 0.05) is 22.9 Å². The van der Waals surface area contributed by atoms with Crippen molar-refractivity contribution in [2.45, 2.75) is 46.0 Å². The molecule has 7 rings (SSSR count). The lowest BCUT2D eigenvalue weighted by Crippen LogP contribution is -2.11. The van der Waals surface area contributed by atoms with E-state index in [1.165, 1.54) is 48.9 Å². The van der Waals surface area contributed by atoms with Crippen LogP contribution in [0.25, 0.3) is 53.8 Å². The van der Waals surface area contributed by atoms with Crippen LogP contribution < -0.4 is 0 Å². The van der Waals surface area contributed by atoms with Crippen molar-refractivity contribution in [1.29, 1.82) is 0 Å². The fourth-order valence-corrected chi connectivity index (χ4v) is 7.06. The smallest absolute Gasteiger partial charge is 0.126 e. The van der Waals surface area contributed by atoms with Gasteiger partial charge in [-0.2, -0.15) is 0 Å². The maximum absolute atomic E-state index is 5.33. The van der Waals surface area contributed by atoms with Crippen LogP contribution in [0.4, 0.5) is 5.69 Å². The first kappa shape index (κ1) is 29.8. The minimum Gasteiger partial charge on any atom is -0.256 e. The van der Waals surface area contributed by atoms with Crippen molar-refractivity contribution in [1.82, 2.24) is 4.98 Å². The first-order chi connectivity index (χ1) is 22.2. The average Bonchev–Trinajstić information content (AvgIpc) is 3.51. The van der Waals surface area contributed by atoms with Crippen LogP contribution in [0.2, 0.25) is 0 Å². The molecule has 46 heavy (non-hydrogen) atoms. The minimum absolute atomic E-state index is 0.00195. The fraction of sp³-hybridized carbons (Fsp3) is 0.163. The van der Waals surface area contributed by atoms with Crippen molar-refractivity contribution in [2.24, 2.45) is 4.99 Å². The van der Waals surface area contributed by atoms with Gasteiger partial charge in [0.15, 0.2) is 0 Å². The van der Waals surface area contributed by atoms with E-state index in [1.807, 2.05) is 6.21 Å². The normalized spacial score (nSPS) is 12.1. The second-order valence-corrected chi connectivity index (χ2v) is 14.4. The van der Waals surface area contributed by atoms with Crippen LogP contribution in [-0.2, 0) is 5.41 Å². The molecular formula is C43H38N2S. The highest BCUT2D eigenvalue weighted by atomic mass is 32.1. The van der Waals surface area contributed by atoms with Crippen LogP contribution in [-0.4, -0.2) is 11.2 Å². The minimum atomic E-state index is -0.00195. The monoisotopic (exact) mass is 614 g/mol. The van der Waals surface area contributed by atoms with E-state index in [0.29, 0.717) is 5.92 Å². The maximum atomic E-state index is 5.33. The van der Waals surface area contributed by atoms with Crippen molar-refractivity contribution >= 4 is 44.2 Å². The number of aliphatic imine (C=N–C) groups is 1. The molecule has 7 aromatic rings. The van der Waals surface area contributed by atoms with Gasteiger partial charge in [-0.05, 0) is 80.3 Å². The zero-order valence-corrected chi connectivity index (χ0v) is 27.9. The van der Waals surface area contributed by atoms with Gasteiger partial charge in [-0.3, -0.25) is 4.99 Å².